The summed E-state index contributed by atoms with van der Waals surface area (Å²) in [6, 6.07) is 17.3. The number of nitrogens with one attached hydrogen (secondary N) is 1. The Morgan fingerprint density at radius 3 is 2.32 bits per heavy atom. The minimum Gasteiger partial charge on any atom is -0.349 e. The summed E-state index contributed by atoms with van der Waals surface area (Å²) in [5.41, 5.74) is 1.68. The van der Waals surface area contributed by atoms with Gasteiger partial charge in [0.1, 0.15) is 0 Å². The second kappa shape index (κ2) is 8.30. The third-order valence-electron chi connectivity index (χ3n) is 4.50. The summed E-state index contributed by atoms with van der Waals surface area (Å²) in [4.78, 5) is 26.7. The molecule has 0 unspecified atom stereocenters. The van der Waals surface area contributed by atoms with Crippen molar-refractivity contribution in [3.05, 3.63) is 70.2 Å². The molecule has 130 valence electrons. The Hall–Kier alpha value is -2.14. The van der Waals surface area contributed by atoms with Crippen LogP contribution in [0.3, 0.4) is 0 Å². The molecule has 4 nitrogen and oxygen atoms in total. The van der Waals surface area contributed by atoms with Crippen LogP contribution in [0.2, 0.25) is 0 Å². The normalized spacial score (nSPS) is 15.0. The lowest BCUT2D eigenvalue weighted by Crippen LogP contribution is -2.47. The fourth-order valence-corrected chi connectivity index (χ4v) is 3.53. The molecule has 1 aliphatic heterocycles. The Balaban J connectivity index is 1.49. The van der Waals surface area contributed by atoms with E-state index in [1.807, 2.05) is 53.4 Å². The van der Waals surface area contributed by atoms with Crippen LogP contribution in [-0.2, 0) is 11.2 Å². The molecule has 1 fully saturated rings. The van der Waals surface area contributed by atoms with Gasteiger partial charge in [0.05, 0.1) is 12.0 Å². The van der Waals surface area contributed by atoms with Crippen LogP contribution in [0.4, 0.5) is 0 Å². The standard InChI is InChI=1S/C20H21BrN2O2/c21-18-9-5-4-8-17(18)20(25)22-16-10-12-23(13-11-16)19(24)14-15-6-2-1-3-7-15/h1-9,16H,10-14H2,(H,22,25). The molecule has 25 heavy (non-hydrogen) atoms. The molecule has 1 N–H and O–H groups in total. The smallest absolute Gasteiger partial charge is 0.252 e. The van der Waals surface area contributed by atoms with Crippen molar-refractivity contribution < 1.29 is 9.59 Å². The van der Waals surface area contributed by atoms with E-state index in [1.165, 1.54) is 0 Å². The highest BCUT2D eigenvalue weighted by atomic mass is 79.9. The summed E-state index contributed by atoms with van der Waals surface area (Å²) in [5, 5.41) is 3.08. The van der Waals surface area contributed by atoms with Gasteiger partial charge in [-0.1, -0.05) is 42.5 Å². The third-order valence-corrected chi connectivity index (χ3v) is 5.19. The fourth-order valence-electron chi connectivity index (χ4n) is 3.06. The number of hydrogen-bond donors (Lipinski definition) is 1. The van der Waals surface area contributed by atoms with Crippen molar-refractivity contribution in [2.45, 2.75) is 25.3 Å². The molecular weight excluding hydrogens is 380 g/mol. The van der Waals surface area contributed by atoms with Crippen LogP contribution in [0, 0.1) is 0 Å². The first kappa shape index (κ1) is 17.7. The van der Waals surface area contributed by atoms with Crippen molar-refractivity contribution in [3.63, 3.8) is 0 Å². The fraction of sp³-hybridized carbons (Fsp3) is 0.300. The van der Waals surface area contributed by atoms with Crippen LogP contribution < -0.4 is 5.32 Å². The molecule has 1 heterocycles. The molecule has 0 bridgehead atoms. The lowest BCUT2D eigenvalue weighted by atomic mass is 10.0. The van der Waals surface area contributed by atoms with Crippen LogP contribution in [0.1, 0.15) is 28.8 Å². The molecule has 0 aromatic heterocycles. The van der Waals surface area contributed by atoms with Gasteiger partial charge in [0, 0.05) is 23.6 Å². The SMILES string of the molecule is O=C(NC1CCN(C(=O)Cc2ccccc2)CC1)c1ccccc1Br. The first-order valence-electron chi connectivity index (χ1n) is 8.50. The highest BCUT2D eigenvalue weighted by Crippen LogP contribution is 2.17. The number of piperidine rings is 1. The van der Waals surface area contributed by atoms with Crippen molar-refractivity contribution in [3.8, 4) is 0 Å². The predicted molar refractivity (Wildman–Crippen MR) is 101 cm³/mol. The van der Waals surface area contributed by atoms with Gasteiger partial charge in [-0.15, -0.1) is 0 Å². The van der Waals surface area contributed by atoms with E-state index in [9.17, 15) is 9.59 Å². The highest BCUT2D eigenvalue weighted by molar-refractivity contribution is 9.10. The van der Waals surface area contributed by atoms with Gasteiger partial charge in [-0.2, -0.15) is 0 Å². The van der Waals surface area contributed by atoms with E-state index in [-0.39, 0.29) is 17.9 Å². The molecule has 1 aliphatic rings. The minimum atomic E-state index is -0.0680. The number of carbonyl (C=O) groups is 2. The summed E-state index contributed by atoms with van der Waals surface area (Å²) in [6.07, 6.45) is 2.02. The molecule has 5 heteroatoms. The van der Waals surface area contributed by atoms with E-state index in [2.05, 4.69) is 21.2 Å². The first-order chi connectivity index (χ1) is 12.1. The van der Waals surface area contributed by atoms with E-state index < -0.39 is 0 Å². The highest BCUT2D eigenvalue weighted by Gasteiger charge is 2.24. The van der Waals surface area contributed by atoms with Gasteiger partial charge in [0.15, 0.2) is 0 Å². The molecule has 2 aromatic rings. The summed E-state index contributed by atoms with van der Waals surface area (Å²) in [6.45, 7) is 1.37. The quantitative estimate of drug-likeness (QED) is 0.854. The molecule has 3 rings (SSSR count). The van der Waals surface area contributed by atoms with Crippen molar-refractivity contribution in [2.75, 3.05) is 13.1 Å². The number of hydrogen-bond acceptors (Lipinski definition) is 2. The predicted octanol–water partition coefficient (Wildman–Crippen LogP) is 3.41. The maximum atomic E-state index is 12.4. The third kappa shape index (κ3) is 4.69. The van der Waals surface area contributed by atoms with E-state index in [0.717, 1.165) is 22.9 Å². The number of benzene rings is 2. The lowest BCUT2D eigenvalue weighted by Gasteiger charge is -2.32. The monoisotopic (exact) mass is 400 g/mol. The maximum absolute atomic E-state index is 12.4. The van der Waals surface area contributed by atoms with E-state index >= 15 is 0 Å². The molecule has 0 spiro atoms. The Morgan fingerprint density at radius 1 is 1.00 bits per heavy atom. The molecule has 0 radical (unpaired) electrons. The van der Waals surface area contributed by atoms with E-state index in [1.54, 1.807) is 6.07 Å². The van der Waals surface area contributed by atoms with Crippen LogP contribution in [0.5, 0.6) is 0 Å². The van der Waals surface area contributed by atoms with Gasteiger partial charge in [-0.25, -0.2) is 0 Å². The number of amides is 2. The zero-order valence-electron chi connectivity index (χ0n) is 14.0. The van der Waals surface area contributed by atoms with Crippen molar-refractivity contribution in [1.82, 2.24) is 10.2 Å². The number of nitrogens with zero attached hydrogens (tertiary/aromatic N) is 1. The van der Waals surface area contributed by atoms with Gasteiger partial charge in [-0.3, -0.25) is 9.59 Å². The van der Waals surface area contributed by atoms with Gasteiger partial charge in [-0.05, 0) is 46.5 Å². The zero-order valence-corrected chi connectivity index (χ0v) is 15.5. The molecule has 2 amide bonds. The number of halogens is 1. The first-order valence-corrected chi connectivity index (χ1v) is 9.30. The second-order valence-corrected chi connectivity index (χ2v) is 7.13. The second-order valence-electron chi connectivity index (χ2n) is 6.27. The van der Waals surface area contributed by atoms with Gasteiger partial charge in [0.2, 0.25) is 5.91 Å². The number of carbonyl (C=O) groups excluding carboxylic acids is 2. The number of rotatable bonds is 4. The summed E-state index contributed by atoms with van der Waals surface area (Å²) >= 11 is 3.41. The molecule has 0 aliphatic carbocycles. The molecule has 0 atom stereocenters. The molecule has 1 saturated heterocycles. The van der Waals surface area contributed by atoms with Crippen LogP contribution in [-0.4, -0.2) is 35.8 Å². The Bertz CT molecular complexity index is 740. The van der Waals surface area contributed by atoms with Crippen molar-refractivity contribution in [2.24, 2.45) is 0 Å². The van der Waals surface area contributed by atoms with Crippen LogP contribution in [0.15, 0.2) is 59.1 Å². The largest absolute Gasteiger partial charge is 0.349 e. The summed E-state index contributed by atoms with van der Waals surface area (Å²) in [5.74, 6) is 0.0864. The zero-order chi connectivity index (χ0) is 17.6. The minimum absolute atomic E-state index is 0.0680. The average molecular weight is 401 g/mol. The maximum Gasteiger partial charge on any atom is 0.252 e. The topological polar surface area (TPSA) is 49.4 Å². The number of likely N-dealkylation sites (tertiary alicyclic amines) is 1. The Labute approximate surface area is 156 Å². The molecular formula is C20H21BrN2O2. The van der Waals surface area contributed by atoms with Crippen molar-refractivity contribution >= 4 is 27.7 Å². The Kier molecular flexibility index (Phi) is 5.87. The molecule has 0 saturated carbocycles. The summed E-state index contributed by atoms with van der Waals surface area (Å²) in [7, 11) is 0. The van der Waals surface area contributed by atoms with Crippen molar-refractivity contribution in [1.29, 1.82) is 0 Å². The van der Waals surface area contributed by atoms with Gasteiger partial charge in [0.25, 0.3) is 5.91 Å². The molecule has 2 aromatic carbocycles. The van der Waals surface area contributed by atoms with Gasteiger partial charge < -0.3 is 10.2 Å². The van der Waals surface area contributed by atoms with Gasteiger partial charge >= 0.3 is 0 Å². The van der Waals surface area contributed by atoms with Crippen LogP contribution in [0.25, 0.3) is 0 Å². The van der Waals surface area contributed by atoms with Crippen LogP contribution >= 0.6 is 15.9 Å². The summed E-state index contributed by atoms with van der Waals surface area (Å²) < 4.78 is 0.794. The lowest BCUT2D eigenvalue weighted by molar-refractivity contribution is -0.131. The van der Waals surface area contributed by atoms with E-state index in [0.29, 0.717) is 25.1 Å². The Morgan fingerprint density at radius 2 is 1.64 bits per heavy atom. The van der Waals surface area contributed by atoms with E-state index in [4.69, 9.17) is 0 Å². The average Bonchev–Trinajstić information content (AvgIpc) is 2.63.